The van der Waals surface area contributed by atoms with Gasteiger partial charge in [0.25, 0.3) is 5.91 Å². The second-order valence-corrected chi connectivity index (χ2v) is 6.98. The predicted molar refractivity (Wildman–Crippen MR) is 80.0 cm³/mol. The van der Waals surface area contributed by atoms with Gasteiger partial charge in [-0.25, -0.2) is 0 Å². The lowest BCUT2D eigenvalue weighted by Gasteiger charge is -2.14. The van der Waals surface area contributed by atoms with Crippen molar-refractivity contribution < 1.29 is 4.79 Å². The Labute approximate surface area is 124 Å². The molecule has 1 heterocycles. The maximum atomic E-state index is 12.1. The number of aryl methyl sites for hydroxylation is 1. The third-order valence-electron chi connectivity index (χ3n) is 5.42. The zero-order valence-electron chi connectivity index (χ0n) is 11.6. The number of rotatable bonds is 2. The van der Waals surface area contributed by atoms with Crippen LogP contribution in [0.5, 0.6) is 0 Å². The summed E-state index contributed by atoms with van der Waals surface area (Å²) < 4.78 is 0. The van der Waals surface area contributed by atoms with E-state index in [2.05, 4.69) is 17.4 Å². The summed E-state index contributed by atoms with van der Waals surface area (Å²) in [6.07, 6.45) is 6.08. The number of amides is 1. The van der Waals surface area contributed by atoms with E-state index in [1.165, 1.54) is 24.8 Å². The molecular formula is C17H20ClNO. The van der Waals surface area contributed by atoms with Gasteiger partial charge in [-0.3, -0.25) is 4.79 Å². The summed E-state index contributed by atoms with van der Waals surface area (Å²) in [5.74, 6) is 2.42. The number of nitrogens with one attached hydrogen (secondary N) is 1. The van der Waals surface area contributed by atoms with Gasteiger partial charge in [-0.1, -0.05) is 18.6 Å². The Morgan fingerprint density at radius 1 is 1.20 bits per heavy atom. The van der Waals surface area contributed by atoms with Crippen LogP contribution in [0.15, 0.2) is 18.2 Å². The van der Waals surface area contributed by atoms with Crippen molar-refractivity contribution in [1.82, 2.24) is 5.32 Å². The first kappa shape index (κ1) is 12.7. The highest BCUT2D eigenvalue weighted by Crippen LogP contribution is 2.63. The fourth-order valence-electron chi connectivity index (χ4n) is 4.30. The monoisotopic (exact) mass is 289 g/mol. The van der Waals surface area contributed by atoms with Crippen molar-refractivity contribution in [1.29, 1.82) is 0 Å². The van der Waals surface area contributed by atoms with Crippen LogP contribution in [0.2, 0.25) is 0 Å². The lowest BCUT2D eigenvalue weighted by molar-refractivity contribution is 0.0956. The molecule has 2 aliphatic carbocycles. The van der Waals surface area contributed by atoms with Crippen molar-refractivity contribution in [3.05, 3.63) is 34.9 Å². The van der Waals surface area contributed by atoms with Gasteiger partial charge in [0.1, 0.15) is 0 Å². The molecule has 0 saturated heterocycles. The van der Waals surface area contributed by atoms with Gasteiger partial charge >= 0.3 is 0 Å². The summed E-state index contributed by atoms with van der Waals surface area (Å²) in [5, 5.41) is 3.06. The molecule has 1 aromatic rings. The summed E-state index contributed by atoms with van der Waals surface area (Å²) in [7, 11) is 0. The maximum Gasteiger partial charge on any atom is 0.251 e. The molecule has 1 amide bonds. The van der Waals surface area contributed by atoms with E-state index in [4.69, 9.17) is 11.6 Å². The molecular weight excluding hydrogens is 270 g/mol. The number of fused-ring (bicyclic) bond motifs is 2. The van der Waals surface area contributed by atoms with Crippen molar-refractivity contribution in [2.45, 2.75) is 37.5 Å². The van der Waals surface area contributed by atoms with E-state index in [-0.39, 0.29) is 11.3 Å². The molecule has 1 aromatic carbocycles. The van der Waals surface area contributed by atoms with Crippen molar-refractivity contribution in [3.8, 4) is 0 Å². The number of hydrogen-bond donors (Lipinski definition) is 1. The topological polar surface area (TPSA) is 29.1 Å². The quantitative estimate of drug-likeness (QED) is 0.827. The molecule has 0 bridgehead atoms. The maximum absolute atomic E-state index is 12.1. The third-order valence-corrected chi connectivity index (χ3v) is 5.96. The van der Waals surface area contributed by atoms with Crippen molar-refractivity contribution in [2.24, 2.45) is 17.8 Å². The fourth-order valence-corrected chi connectivity index (χ4v) is 4.81. The lowest BCUT2D eigenvalue weighted by atomic mass is 9.96. The van der Waals surface area contributed by atoms with Crippen LogP contribution >= 0.6 is 11.6 Å². The Morgan fingerprint density at radius 3 is 2.80 bits per heavy atom. The van der Waals surface area contributed by atoms with Gasteiger partial charge in [-0.15, -0.1) is 11.6 Å². The molecule has 1 aliphatic heterocycles. The highest BCUT2D eigenvalue weighted by molar-refractivity contribution is 6.21. The van der Waals surface area contributed by atoms with E-state index in [0.29, 0.717) is 5.92 Å². The first-order valence-corrected chi connectivity index (χ1v) is 8.24. The standard InChI is InChI=1S/C17H20ClNO/c18-16(15-12-4-1-5-13(12)15)11-7-6-10-3-2-8-19-17(20)14(10)9-11/h6-7,9,12-13,15-16H,1-5,8H2,(H,19,20). The van der Waals surface area contributed by atoms with E-state index >= 15 is 0 Å². The number of hydrogen-bond acceptors (Lipinski definition) is 1. The first-order valence-electron chi connectivity index (χ1n) is 7.81. The number of carbonyl (C=O) groups is 1. The van der Waals surface area contributed by atoms with E-state index < -0.39 is 0 Å². The molecule has 0 aromatic heterocycles. The Hall–Kier alpha value is -1.02. The van der Waals surface area contributed by atoms with Gasteiger partial charge < -0.3 is 5.32 Å². The lowest BCUT2D eigenvalue weighted by Crippen LogP contribution is -2.22. The predicted octanol–water partition coefficient (Wildman–Crippen LogP) is 3.69. The molecule has 3 unspecified atom stereocenters. The second-order valence-electron chi connectivity index (χ2n) is 6.51. The third kappa shape index (κ3) is 1.96. The van der Waals surface area contributed by atoms with Gasteiger partial charge in [0.2, 0.25) is 0 Å². The normalized spacial score (nSPS) is 32.9. The summed E-state index contributed by atoms with van der Waals surface area (Å²) in [4.78, 5) is 12.1. The summed E-state index contributed by atoms with van der Waals surface area (Å²) in [6.45, 7) is 0.778. The average Bonchev–Trinajstić information content (AvgIpc) is 3.02. The SMILES string of the molecule is O=C1NCCCc2ccc(C(Cl)C3C4CCCC43)cc21. The zero-order valence-corrected chi connectivity index (χ0v) is 12.3. The Morgan fingerprint density at radius 2 is 2.00 bits per heavy atom. The first-order chi connectivity index (χ1) is 9.75. The van der Waals surface area contributed by atoms with Gasteiger partial charge in [-0.05, 0) is 60.6 Å². The van der Waals surface area contributed by atoms with Crippen LogP contribution in [0, 0.1) is 17.8 Å². The molecule has 106 valence electrons. The van der Waals surface area contributed by atoms with Crippen LogP contribution in [-0.4, -0.2) is 12.5 Å². The summed E-state index contributed by atoms with van der Waals surface area (Å²) in [6, 6.07) is 6.30. The van der Waals surface area contributed by atoms with Crippen LogP contribution < -0.4 is 5.32 Å². The van der Waals surface area contributed by atoms with Crippen molar-refractivity contribution >= 4 is 17.5 Å². The molecule has 0 spiro atoms. The highest BCUT2D eigenvalue weighted by atomic mass is 35.5. The number of halogens is 1. The summed E-state index contributed by atoms with van der Waals surface area (Å²) in [5.41, 5.74) is 3.15. The average molecular weight is 290 g/mol. The molecule has 20 heavy (non-hydrogen) atoms. The molecule has 2 fully saturated rings. The highest BCUT2D eigenvalue weighted by Gasteiger charge is 2.55. The zero-order chi connectivity index (χ0) is 13.7. The smallest absolute Gasteiger partial charge is 0.251 e. The van der Waals surface area contributed by atoms with Crippen LogP contribution in [0.25, 0.3) is 0 Å². The Bertz CT molecular complexity index is 546. The molecule has 0 radical (unpaired) electrons. The molecule has 1 N–H and O–H groups in total. The van der Waals surface area contributed by atoms with Crippen LogP contribution in [0.4, 0.5) is 0 Å². The number of carbonyl (C=O) groups excluding carboxylic acids is 1. The molecule has 3 atom stereocenters. The minimum atomic E-state index is 0.0687. The van der Waals surface area contributed by atoms with Crippen LogP contribution in [0.1, 0.15) is 52.5 Å². The van der Waals surface area contributed by atoms with Crippen LogP contribution in [0.3, 0.4) is 0 Å². The molecule has 3 heteroatoms. The molecule has 3 aliphatic rings. The van der Waals surface area contributed by atoms with Gasteiger partial charge in [0.15, 0.2) is 0 Å². The van der Waals surface area contributed by atoms with Crippen molar-refractivity contribution in [2.75, 3.05) is 6.54 Å². The fraction of sp³-hybridized carbons (Fsp3) is 0.588. The number of benzene rings is 1. The minimum Gasteiger partial charge on any atom is -0.352 e. The summed E-state index contributed by atoms with van der Waals surface area (Å²) >= 11 is 6.71. The Balaban J connectivity index is 1.61. The van der Waals surface area contributed by atoms with Gasteiger partial charge in [0, 0.05) is 12.1 Å². The molecule has 2 saturated carbocycles. The largest absolute Gasteiger partial charge is 0.352 e. The molecule has 4 rings (SSSR count). The van der Waals surface area contributed by atoms with Gasteiger partial charge in [0.05, 0.1) is 5.38 Å². The van der Waals surface area contributed by atoms with E-state index in [1.807, 2.05) is 6.07 Å². The number of alkyl halides is 1. The van der Waals surface area contributed by atoms with Gasteiger partial charge in [-0.2, -0.15) is 0 Å². The minimum absolute atomic E-state index is 0.0687. The van der Waals surface area contributed by atoms with Crippen LogP contribution in [-0.2, 0) is 6.42 Å². The Kier molecular flexibility index (Phi) is 3.03. The molecule has 2 nitrogen and oxygen atoms in total. The second kappa shape index (κ2) is 4.77. The van der Waals surface area contributed by atoms with Crippen molar-refractivity contribution in [3.63, 3.8) is 0 Å². The van der Waals surface area contributed by atoms with E-state index in [1.54, 1.807) is 0 Å². The van der Waals surface area contributed by atoms with E-state index in [9.17, 15) is 4.79 Å². The van der Waals surface area contributed by atoms with E-state index in [0.717, 1.165) is 42.3 Å².